The van der Waals surface area contributed by atoms with E-state index in [-0.39, 0.29) is 21.3 Å². The van der Waals surface area contributed by atoms with Crippen molar-refractivity contribution in [1.29, 1.82) is 0 Å². The summed E-state index contributed by atoms with van der Waals surface area (Å²) in [6.07, 6.45) is 0.990. The molecule has 1 aromatic carbocycles. The van der Waals surface area contributed by atoms with Crippen molar-refractivity contribution in [2.24, 2.45) is 5.92 Å². The van der Waals surface area contributed by atoms with Gasteiger partial charge in [0.1, 0.15) is 0 Å². The van der Waals surface area contributed by atoms with Crippen molar-refractivity contribution in [3.8, 4) is 0 Å². The van der Waals surface area contributed by atoms with Crippen molar-refractivity contribution in [3.63, 3.8) is 0 Å². The smallest absolute Gasteiger partial charge is 0.340 e. The van der Waals surface area contributed by atoms with Gasteiger partial charge in [0, 0.05) is 37.6 Å². The van der Waals surface area contributed by atoms with Gasteiger partial charge in [-0.1, -0.05) is 25.4 Å². The van der Waals surface area contributed by atoms with E-state index in [2.05, 4.69) is 18.4 Å². The summed E-state index contributed by atoms with van der Waals surface area (Å²) in [5.74, 6) is -0.647. The van der Waals surface area contributed by atoms with E-state index in [9.17, 15) is 18.0 Å². The summed E-state index contributed by atoms with van der Waals surface area (Å²) in [5.41, 5.74) is 2.19. The minimum absolute atomic E-state index is 0.0435. The van der Waals surface area contributed by atoms with E-state index >= 15 is 0 Å². The first kappa shape index (κ1) is 25.1. The third kappa shape index (κ3) is 5.75. The highest BCUT2D eigenvalue weighted by Gasteiger charge is 2.23. The zero-order valence-corrected chi connectivity index (χ0v) is 20.3. The van der Waals surface area contributed by atoms with Crippen LogP contribution in [0, 0.1) is 19.8 Å². The summed E-state index contributed by atoms with van der Waals surface area (Å²) in [7, 11) is -0.972. The number of Topliss-reactive ketones (excluding diaryl/α,β-unsaturated/α-hetero) is 1. The van der Waals surface area contributed by atoms with E-state index in [1.807, 2.05) is 13.8 Å². The minimum atomic E-state index is -3.75. The van der Waals surface area contributed by atoms with Gasteiger partial charge in [0.15, 0.2) is 6.61 Å². The van der Waals surface area contributed by atoms with Gasteiger partial charge in [-0.25, -0.2) is 17.5 Å². The number of hydrogen-bond acceptors (Lipinski definition) is 5. The first-order chi connectivity index (χ1) is 14.4. The van der Waals surface area contributed by atoms with Crippen LogP contribution in [0.3, 0.4) is 0 Å². The van der Waals surface area contributed by atoms with Gasteiger partial charge in [-0.15, -0.1) is 0 Å². The third-order valence-corrected chi connectivity index (χ3v) is 7.22. The maximum Gasteiger partial charge on any atom is 0.340 e. The summed E-state index contributed by atoms with van der Waals surface area (Å²) in [6.45, 7) is 8.44. The number of nitrogens with zero attached hydrogens (tertiary/aromatic N) is 2. The molecule has 1 aromatic heterocycles. The Balaban J connectivity index is 2.17. The average Bonchev–Trinajstić information content (AvgIpc) is 2.97. The Bertz CT molecular complexity index is 1090. The predicted octanol–water partition coefficient (Wildman–Crippen LogP) is 4.09. The molecule has 0 spiro atoms. The molecule has 0 amide bonds. The number of aromatic nitrogens is 1. The van der Waals surface area contributed by atoms with Gasteiger partial charge in [-0.2, -0.15) is 0 Å². The Kier molecular flexibility index (Phi) is 8.08. The molecule has 170 valence electrons. The molecule has 0 aliphatic heterocycles. The molecule has 0 fully saturated rings. The number of carbonyl (C=O) groups excluding carboxylic acids is 2. The van der Waals surface area contributed by atoms with Crippen LogP contribution in [0.5, 0.6) is 0 Å². The number of sulfonamides is 1. The van der Waals surface area contributed by atoms with Crippen molar-refractivity contribution >= 4 is 33.4 Å². The zero-order valence-electron chi connectivity index (χ0n) is 18.7. The fourth-order valence-electron chi connectivity index (χ4n) is 3.13. The molecule has 0 N–H and O–H groups in total. The number of benzene rings is 1. The van der Waals surface area contributed by atoms with Gasteiger partial charge in [-0.3, -0.25) is 4.79 Å². The van der Waals surface area contributed by atoms with E-state index in [0.717, 1.165) is 34.7 Å². The standard InChI is InChI=1S/C22H29ClN2O5S/c1-14(2)9-10-25-15(3)11-18(16(25)4)21(26)13-30-22(27)19-12-17(7-8-20(19)23)31(28,29)24(5)6/h7-8,11-12,14H,9-10,13H2,1-6H3. The summed E-state index contributed by atoms with van der Waals surface area (Å²) < 4.78 is 32.9. The van der Waals surface area contributed by atoms with Crippen molar-refractivity contribution in [1.82, 2.24) is 8.87 Å². The second-order valence-corrected chi connectivity index (χ2v) is 10.6. The molecule has 0 aliphatic rings. The lowest BCUT2D eigenvalue weighted by Gasteiger charge is -2.13. The topological polar surface area (TPSA) is 85.7 Å². The lowest BCUT2D eigenvalue weighted by atomic mass is 10.1. The van der Waals surface area contributed by atoms with E-state index in [1.165, 1.54) is 26.2 Å². The van der Waals surface area contributed by atoms with Crippen LogP contribution in [0.1, 0.15) is 52.4 Å². The number of halogens is 1. The monoisotopic (exact) mass is 468 g/mol. The second-order valence-electron chi connectivity index (χ2n) is 8.05. The largest absolute Gasteiger partial charge is 0.454 e. The number of ether oxygens (including phenoxy) is 1. The summed E-state index contributed by atoms with van der Waals surface area (Å²) >= 11 is 6.07. The molecule has 0 unspecified atom stereocenters. The maximum atomic E-state index is 12.7. The summed E-state index contributed by atoms with van der Waals surface area (Å²) in [4.78, 5) is 25.1. The van der Waals surface area contributed by atoms with Gasteiger partial charge in [0.25, 0.3) is 0 Å². The van der Waals surface area contributed by atoms with Crippen LogP contribution in [-0.4, -0.2) is 49.7 Å². The lowest BCUT2D eigenvalue weighted by molar-refractivity contribution is 0.0474. The van der Waals surface area contributed by atoms with Gasteiger partial charge < -0.3 is 9.30 Å². The lowest BCUT2D eigenvalue weighted by Crippen LogP contribution is -2.22. The Morgan fingerprint density at radius 1 is 1.13 bits per heavy atom. The SMILES string of the molecule is Cc1cc(C(=O)COC(=O)c2cc(S(=O)(=O)N(C)C)ccc2Cl)c(C)n1CCC(C)C. The Morgan fingerprint density at radius 2 is 1.77 bits per heavy atom. The van der Waals surface area contributed by atoms with Crippen LogP contribution in [-0.2, 0) is 21.3 Å². The molecule has 0 saturated carbocycles. The molecule has 0 bridgehead atoms. The fraction of sp³-hybridized carbons (Fsp3) is 0.455. The summed E-state index contributed by atoms with van der Waals surface area (Å²) in [5, 5.41) is 0.0435. The normalized spacial score (nSPS) is 11.9. The number of hydrogen-bond donors (Lipinski definition) is 0. The van der Waals surface area contributed by atoms with Crippen molar-refractivity contribution in [2.75, 3.05) is 20.7 Å². The molecule has 0 saturated heterocycles. The van der Waals surface area contributed by atoms with E-state index in [4.69, 9.17) is 16.3 Å². The van der Waals surface area contributed by atoms with E-state index in [1.54, 1.807) is 6.07 Å². The zero-order chi connectivity index (χ0) is 23.5. The molecule has 31 heavy (non-hydrogen) atoms. The summed E-state index contributed by atoms with van der Waals surface area (Å²) in [6, 6.07) is 5.58. The van der Waals surface area contributed by atoms with Crippen molar-refractivity contribution in [3.05, 3.63) is 51.8 Å². The van der Waals surface area contributed by atoms with Crippen LogP contribution < -0.4 is 0 Å². The average molecular weight is 469 g/mol. The van der Waals surface area contributed by atoms with E-state index < -0.39 is 22.6 Å². The van der Waals surface area contributed by atoms with Crippen LogP contribution >= 0.6 is 11.6 Å². The number of ketones is 1. The first-order valence-electron chi connectivity index (χ1n) is 9.95. The highest BCUT2D eigenvalue weighted by molar-refractivity contribution is 7.89. The molecule has 9 heteroatoms. The van der Waals surface area contributed by atoms with Gasteiger partial charge in [0.05, 0.1) is 15.5 Å². The van der Waals surface area contributed by atoms with Gasteiger partial charge in [-0.05, 0) is 50.5 Å². The third-order valence-electron chi connectivity index (χ3n) is 5.07. The molecule has 1 heterocycles. The number of carbonyl (C=O) groups is 2. The molecule has 0 aliphatic carbocycles. The number of esters is 1. The maximum absolute atomic E-state index is 12.7. The molecule has 2 aromatic rings. The Hall–Kier alpha value is -2.16. The van der Waals surface area contributed by atoms with E-state index in [0.29, 0.717) is 11.5 Å². The molecule has 7 nitrogen and oxygen atoms in total. The van der Waals surface area contributed by atoms with Crippen LogP contribution in [0.15, 0.2) is 29.2 Å². The number of rotatable bonds is 9. The molecule has 0 atom stereocenters. The van der Waals surface area contributed by atoms with Crippen LogP contribution in [0.2, 0.25) is 5.02 Å². The Labute approximate surface area is 189 Å². The highest BCUT2D eigenvalue weighted by atomic mass is 35.5. The predicted molar refractivity (Wildman–Crippen MR) is 120 cm³/mol. The fourth-order valence-corrected chi connectivity index (χ4v) is 4.26. The molecular weight excluding hydrogens is 440 g/mol. The molecule has 2 rings (SSSR count). The quantitative estimate of drug-likeness (QED) is 0.408. The molecular formula is C22H29ClN2O5S. The minimum Gasteiger partial charge on any atom is -0.454 e. The second kappa shape index (κ2) is 9.97. The highest BCUT2D eigenvalue weighted by Crippen LogP contribution is 2.23. The number of aryl methyl sites for hydroxylation is 1. The Morgan fingerprint density at radius 3 is 2.35 bits per heavy atom. The van der Waals surface area contributed by atoms with Crippen LogP contribution in [0.25, 0.3) is 0 Å². The van der Waals surface area contributed by atoms with Crippen molar-refractivity contribution < 1.29 is 22.7 Å². The van der Waals surface area contributed by atoms with Crippen molar-refractivity contribution in [2.45, 2.75) is 45.6 Å². The first-order valence-corrected chi connectivity index (χ1v) is 11.8. The van der Waals surface area contributed by atoms with Crippen LogP contribution in [0.4, 0.5) is 0 Å². The van der Waals surface area contributed by atoms with Gasteiger partial charge in [0.2, 0.25) is 15.8 Å². The molecule has 0 radical (unpaired) electrons. The van der Waals surface area contributed by atoms with Gasteiger partial charge >= 0.3 is 5.97 Å².